The van der Waals surface area contributed by atoms with Crippen LogP contribution in [0.1, 0.15) is 0 Å². The first-order valence-corrected chi connectivity index (χ1v) is 5.90. The van der Waals surface area contributed by atoms with Crippen LogP contribution in [-0.4, -0.2) is 13.5 Å². The first kappa shape index (κ1) is 9.63. The van der Waals surface area contributed by atoms with Crippen molar-refractivity contribution < 1.29 is 8.42 Å². The maximum Gasteiger partial charge on any atom is 0.225 e. The van der Waals surface area contributed by atoms with Gasteiger partial charge in [0.05, 0.1) is 10.8 Å². The van der Waals surface area contributed by atoms with Gasteiger partial charge < -0.3 is 0 Å². The van der Waals surface area contributed by atoms with Gasteiger partial charge in [0, 0.05) is 0 Å². The average molecular weight is 194 g/mol. The second-order valence-corrected chi connectivity index (χ2v) is 5.99. The van der Waals surface area contributed by atoms with Gasteiger partial charge in [-0.3, -0.25) is 0 Å². The summed E-state index contributed by atoms with van der Waals surface area (Å²) >= 11 is 0.601. The van der Waals surface area contributed by atoms with E-state index >= 15 is 0 Å². The minimum absolute atomic E-state index is 0.179. The fourth-order valence-electron chi connectivity index (χ4n) is 0.179. The quantitative estimate of drug-likeness (QED) is 0.486. The molecule has 0 atom stereocenters. The summed E-state index contributed by atoms with van der Waals surface area (Å²) in [7, 11) is -3.22. The zero-order valence-corrected chi connectivity index (χ0v) is 7.09. The molecule has 0 fully saturated rings. The lowest BCUT2D eigenvalue weighted by Gasteiger charge is -1.88. The highest BCUT2D eigenvalue weighted by atomic mass is 33.1. The molecule has 0 spiro atoms. The molecule has 0 saturated carbocycles. The van der Waals surface area contributed by atoms with Crippen molar-refractivity contribution in [1.82, 2.24) is 0 Å². The second-order valence-electron chi connectivity index (χ2n) is 1.09. The maximum absolute atomic E-state index is 10.6. The predicted octanol–water partition coefficient (Wildman–Crippen LogP) is 0.702. The molecule has 0 saturated heterocycles. The maximum atomic E-state index is 10.6. The Morgan fingerprint density at radius 1 is 1.30 bits per heavy atom. The van der Waals surface area contributed by atoms with Crippen LogP contribution in [0, 0.1) is 21.3 Å². The molecule has 0 heterocycles. The Kier molecular flexibility index (Phi) is 4.28. The van der Waals surface area contributed by atoms with Crippen LogP contribution in [0.2, 0.25) is 0 Å². The molecule has 0 bridgehead atoms. The van der Waals surface area contributed by atoms with Crippen molar-refractivity contribution in [3.63, 3.8) is 0 Å². The molecule has 10 heavy (non-hydrogen) atoms. The van der Waals surface area contributed by atoms with Crippen LogP contribution < -0.4 is 0 Å². The summed E-state index contributed by atoms with van der Waals surface area (Å²) in [6, 6.07) is 0. The van der Waals surface area contributed by atoms with Gasteiger partial charge in [0.15, 0.2) is 0 Å². The molecule has 4 nitrogen and oxygen atoms in total. The van der Waals surface area contributed by atoms with E-state index in [1.54, 1.807) is 5.40 Å². The molecule has 0 amide bonds. The van der Waals surface area contributed by atoms with Gasteiger partial charge in [-0.25, -0.2) is 8.42 Å². The normalized spacial score (nSPS) is 9.80. The first-order chi connectivity index (χ1) is 4.62. The lowest BCUT2D eigenvalue weighted by Crippen LogP contribution is -1.93. The summed E-state index contributed by atoms with van der Waals surface area (Å²) in [6.07, 6.45) is 0. The smallest absolute Gasteiger partial charge is 0.216 e. The molecule has 0 radical (unpaired) electrons. The van der Waals surface area contributed by atoms with Crippen LogP contribution in [0.5, 0.6) is 0 Å². The second kappa shape index (κ2) is 4.45. The van der Waals surface area contributed by atoms with Gasteiger partial charge in [-0.1, -0.05) is 0 Å². The van der Waals surface area contributed by atoms with Crippen molar-refractivity contribution in [3.8, 4) is 10.8 Å². The Morgan fingerprint density at radius 3 is 2.30 bits per heavy atom. The number of hydrogen-bond acceptors (Lipinski definition) is 6. The van der Waals surface area contributed by atoms with Crippen LogP contribution in [0.15, 0.2) is 0 Å². The fraction of sp³-hybridized carbons (Fsp3) is 0.333. The van der Waals surface area contributed by atoms with Crippen LogP contribution in [0.25, 0.3) is 0 Å². The highest BCUT2D eigenvalue weighted by molar-refractivity contribution is 8.75. The van der Waals surface area contributed by atoms with Crippen LogP contribution in [0.3, 0.4) is 0 Å². The van der Waals surface area contributed by atoms with E-state index in [1.807, 2.05) is 0 Å². The third kappa shape index (κ3) is 4.50. The third-order valence-electron chi connectivity index (χ3n) is 0.432. The van der Waals surface area contributed by atoms with Crippen LogP contribution >= 0.6 is 22.6 Å². The molecule has 0 aromatic carbocycles. The van der Waals surface area contributed by atoms with E-state index in [-0.39, 0.29) is 15.9 Å². The van der Waals surface area contributed by atoms with Crippen LogP contribution in [-0.2, 0) is 8.87 Å². The zero-order chi connectivity index (χ0) is 8.04. The first-order valence-electron chi connectivity index (χ1n) is 1.93. The van der Waals surface area contributed by atoms with Gasteiger partial charge >= 0.3 is 0 Å². The summed E-state index contributed by atoms with van der Waals surface area (Å²) in [5.74, 6) is 0. The largest absolute Gasteiger partial charge is 0.225 e. The summed E-state index contributed by atoms with van der Waals surface area (Å²) < 4.78 is 21.1. The molecule has 0 aromatic heterocycles. The molecule has 0 aromatic rings. The summed E-state index contributed by atoms with van der Waals surface area (Å²) in [5, 5.41) is 18.6. The summed E-state index contributed by atoms with van der Waals surface area (Å²) in [5.41, 5.74) is 0. The molecular formula is C3H2N2O2S3. The van der Waals surface area contributed by atoms with E-state index in [9.17, 15) is 8.42 Å². The Hall–Kier alpha value is -0.370. The van der Waals surface area contributed by atoms with Crippen molar-refractivity contribution in [2.24, 2.45) is 0 Å². The standard InChI is InChI=1S/C3H2N2O2S3/c4-1-8-3-10(6,7)9-2-5/h3H2. The van der Waals surface area contributed by atoms with Gasteiger partial charge in [-0.15, -0.1) is 0 Å². The van der Waals surface area contributed by atoms with E-state index in [1.165, 1.54) is 5.40 Å². The topological polar surface area (TPSA) is 81.7 Å². The number of thiocyanates is 2. The number of thioether (sulfide) groups is 1. The van der Waals surface area contributed by atoms with E-state index in [0.717, 1.165) is 0 Å². The SMILES string of the molecule is N#CSCS(=O)(=O)SC#N. The molecule has 7 heteroatoms. The number of nitrogens with zero attached hydrogens (tertiary/aromatic N) is 2. The third-order valence-corrected chi connectivity index (χ3v) is 4.37. The van der Waals surface area contributed by atoms with Crippen molar-refractivity contribution in [2.45, 2.75) is 0 Å². The zero-order valence-electron chi connectivity index (χ0n) is 4.64. The fourth-order valence-corrected chi connectivity index (χ4v) is 2.48. The lowest BCUT2D eigenvalue weighted by molar-refractivity contribution is 0.615. The van der Waals surface area contributed by atoms with E-state index in [0.29, 0.717) is 11.8 Å². The van der Waals surface area contributed by atoms with Crippen LogP contribution in [0.4, 0.5) is 0 Å². The van der Waals surface area contributed by atoms with Gasteiger partial charge in [-0.2, -0.15) is 10.5 Å². The molecule has 0 aliphatic carbocycles. The Labute approximate surface area is 66.5 Å². The molecule has 0 unspecified atom stereocenters. The molecule has 0 N–H and O–H groups in total. The predicted molar refractivity (Wildman–Crippen MR) is 40.2 cm³/mol. The number of nitriles is 2. The Bertz CT molecular complexity index is 269. The Balaban J connectivity index is 3.95. The number of rotatable bonds is 3. The van der Waals surface area contributed by atoms with Gasteiger partial charge in [-0.05, 0) is 11.8 Å². The molecule has 54 valence electrons. The molecule has 0 aliphatic rings. The molecular weight excluding hydrogens is 192 g/mol. The van der Waals surface area contributed by atoms with Crippen molar-refractivity contribution in [1.29, 1.82) is 10.5 Å². The van der Waals surface area contributed by atoms with Gasteiger partial charge in [0.2, 0.25) is 8.87 Å². The average Bonchev–Trinajstić information content (AvgIpc) is 1.84. The minimum Gasteiger partial charge on any atom is -0.216 e. The van der Waals surface area contributed by atoms with E-state index < -0.39 is 8.87 Å². The minimum atomic E-state index is -3.40. The highest BCUT2D eigenvalue weighted by Crippen LogP contribution is 2.15. The molecule has 0 aliphatic heterocycles. The Morgan fingerprint density at radius 2 is 1.90 bits per heavy atom. The van der Waals surface area contributed by atoms with E-state index in [2.05, 4.69) is 0 Å². The lowest BCUT2D eigenvalue weighted by atomic mass is 11.8. The molecule has 0 rings (SSSR count). The van der Waals surface area contributed by atoms with Gasteiger partial charge in [0.1, 0.15) is 15.9 Å². The summed E-state index contributed by atoms with van der Waals surface area (Å²) in [4.78, 5) is 0. The highest BCUT2D eigenvalue weighted by Gasteiger charge is 2.10. The van der Waals surface area contributed by atoms with Gasteiger partial charge in [0.25, 0.3) is 0 Å². The van der Waals surface area contributed by atoms with E-state index in [4.69, 9.17) is 10.5 Å². The van der Waals surface area contributed by atoms with Crippen molar-refractivity contribution in [3.05, 3.63) is 0 Å². The van der Waals surface area contributed by atoms with Crippen molar-refractivity contribution >= 4 is 31.4 Å². The van der Waals surface area contributed by atoms with Crippen molar-refractivity contribution in [2.75, 3.05) is 5.08 Å². The summed E-state index contributed by atoms with van der Waals surface area (Å²) in [6.45, 7) is 0. The monoisotopic (exact) mass is 194 g/mol. The number of hydrogen-bond donors (Lipinski definition) is 0.